The molecule has 0 saturated carbocycles. The molecule has 0 aromatic heterocycles. The lowest BCUT2D eigenvalue weighted by molar-refractivity contribution is -0.126. The maximum Gasteiger partial charge on any atom is 0.224 e. The van der Waals surface area contributed by atoms with E-state index < -0.39 is 0 Å². The van der Waals surface area contributed by atoms with Crippen molar-refractivity contribution in [3.63, 3.8) is 0 Å². The van der Waals surface area contributed by atoms with Crippen LogP contribution in [0.15, 0.2) is 30.3 Å². The van der Waals surface area contributed by atoms with Crippen LogP contribution in [0.3, 0.4) is 0 Å². The van der Waals surface area contributed by atoms with Crippen LogP contribution in [0.4, 0.5) is 0 Å². The molecule has 3 N–H and O–H groups in total. The molecule has 1 aliphatic rings. The Labute approximate surface area is 132 Å². The van der Waals surface area contributed by atoms with Crippen molar-refractivity contribution in [2.75, 3.05) is 26.2 Å². The van der Waals surface area contributed by atoms with Crippen LogP contribution in [-0.4, -0.2) is 49.2 Å². The minimum Gasteiger partial charge on any atom is -0.374 e. The number of benzene rings is 1. The molecule has 3 unspecified atom stereocenters. The van der Waals surface area contributed by atoms with Gasteiger partial charge in [-0.3, -0.25) is 9.69 Å². The molecule has 0 bridgehead atoms. The highest BCUT2D eigenvalue weighted by atomic mass is 16.5. The van der Waals surface area contributed by atoms with E-state index in [2.05, 4.69) is 34.5 Å². The molecule has 3 atom stereocenters. The van der Waals surface area contributed by atoms with Crippen molar-refractivity contribution in [3.8, 4) is 0 Å². The lowest BCUT2D eigenvalue weighted by atomic mass is 10.0. The van der Waals surface area contributed by atoms with E-state index >= 15 is 0 Å². The van der Waals surface area contributed by atoms with E-state index in [-0.39, 0.29) is 24.0 Å². The SMILES string of the molecule is CC(N)C(C)C(=O)NCC1CN(Cc2ccccc2)CCO1. The zero-order valence-electron chi connectivity index (χ0n) is 13.5. The molecule has 22 heavy (non-hydrogen) atoms. The molecular weight excluding hydrogens is 278 g/mol. The van der Waals surface area contributed by atoms with E-state index in [4.69, 9.17) is 10.5 Å². The summed E-state index contributed by atoms with van der Waals surface area (Å²) in [5.74, 6) is -0.178. The number of ether oxygens (including phenoxy) is 1. The predicted octanol–water partition coefficient (Wildman–Crippen LogP) is 0.987. The van der Waals surface area contributed by atoms with Crippen LogP contribution in [-0.2, 0) is 16.1 Å². The maximum absolute atomic E-state index is 11.9. The van der Waals surface area contributed by atoms with E-state index in [9.17, 15) is 4.79 Å². The van der Waals surface area contributed by atoms with Crippen molar-refractivity contribution in [2.24, 2.45) is 11.7 Å². The number of nitrogens with one attached hydrogen (secondary N) is 1. The molecule has 0 spiro atoms. The summed E-state index contributed by atoms with van der Waals surface area (Å²) in [6, 6.07) is 10.3. The highest BCUT2D eigenvalue weighted by Gasteiger charge is 2.23. The molecule has 1 aromatic carbocycles. The number of nitrogens with two attached hydrogens (primary N) is 1. The molecule has 1 amide bonds. The molecule has 5 nitrogen and oxygen atoms in total. The fourth-order valence-electron chi connectivity index (χ4n) is 2.50. The molecule has 5 heteroatoms. The number of amides is 1. The van der Waals surface area contributed by atoms with Gasteiger partial charge in [0.25, 0.3) is 0 Å². The minimum atomic E-state index is -0.177. The largest absolute Gasteiger partial charge is 0.374 e. The first kappa shape index (κ1) is 16.9. The van der Waals surface area contributed by atoms with Crippen molar-refractivity contribution in [2.45, 2.75) is 32.5 Å². The molecule has 2 rings (SSSR count). The number of morpholine rings is 1. The van der Waals surface area contributed by atoms with Crippen LogP contribution in [0.5, 0.6) is 0 Å². The maximum atomic E-state index is 11.9. The van der Waals surface area contributed by atoms with Gasteiger partial charge in [0.1, 0.15) is 0 Å². The van der Waals surface area contributed by atoms with Gasteiger partial charge in [0.15, 0.2) is 0 Å². The Morgan fingerprint density at radius 2 is 2.14 bits per heavy atom. The minimum absolute atomic E-state index is 0.00113. The Balaban J connectivity index is 1.77. The second-order valence-electron chi connectivity index (χ2n) is 6.11. The molecule has 1 saturated heterocycles. The Morgan fingerprint density at radius 3 is 2.82 bits per heavy atom. The van der Waals surface area contributed by atoms with Crippen molar-refractivity contribution >= 4 is 5.91 Å². The van der Waals surface area contributed by atoms with Gasteiger partial charge in [-0.15, -0.1) is 0 Å². The van der Waals surface area contributed by atoms with Crippen molar-refractivity contribution < 1.29 is 9.53 Å². The first-order valence-corrected chi connectivity index (χ1v) is 7.97. The van der Waals surface area contributed by atoms with Gasteiger partial charge in [-0.25, -0.2) is 0 Å². The van der Waals surface area contributed by atoms with Gasteiger partial charge in [0.05, 0.1) is 12.7 Å². The highest BCUT2D eigenvalue weighted by molar-refractivity contribution is 5.78. The zero-order chi connectivity index (χ0) is 15.9. The summed E-state index contributed by atoms with van der Waals surface area (Å²) in [5.41, 5.74) is 7.06. The Morgan fingerprint density at radius 1 is 1.41 bits per heavy atom. The van der Waals surface area contributed by atoms with Crippen LogP contribution >= 0.6 is 0 Å². The van der Waals surface area contributed by atoms with Crippen molar-refractivity contribution in [3.05, 3.63) is 35.9 Å². The summed E-state index contributed by atoms with van der Waals surface area (Å²) < 4.78 is 5.75. The quantitative estimate of drug-likeness (QED) is 0.822. The average Bonchev–Trinajstić information content (AvgIpc) is 2.53. The Hall–Kier alpha value is -1.43. The number of carbonyl (C=O) groups is 1. The fourth-order valence-corrected chi connectivity index (χ4v) is 2.50. The van der Waals surface area contributed by atoms with Gasteiger partial charge in [-0.05, 0) is 12.5 Å². The average molecular weight is 305 g/mol. The third kappa shape index (κ3) is 5.09. The first-order chi connectivity index (χ1) is 10.6. The van der Waals surface area contributed by atoms with Crippen LogP contribution < -0.4 is 11.1 Å². The monoisotopic (exact) mass is 305 g/mol. The number of hydrogen-bond donors (Lipinski definition) is 2. The first-order valence-electron chi connectivity index (χ1n) is 7.97. The molecule has 0 aliphatic carbocycles. The van der Waals surface area contributed by atoms with Gasteiger partial charge in [0, 0.05) is 38.1 Å². The zero-order valence-corrected chi connectivity index (χ0v) is 13.5. The Kier molecular flexibility index (Phi) is 6.36. The smallest absolute Gasteiger partial charge is 0.224 e. The number of carbonyl (C=O) groups excluding carboxylic acids is 1. The van der Waals surface area contributed by atoms with Crippen LogP contribution in [0.2, 0.25) is 0 Å². The normalized spacial score (nSPS) is 22.0. The summed E-state index contributed by atoms with van der Waals surface area (Å²) in [4.78, 5) is 14.3. The van der Waals surface area contributed by atoms with Crippen LogP contribution in [0.25, 0.3) is 0 Å². The van der Waals surface area contributed by atoms with E-state index in [0.717, 1.165) is 19.6 Å². The summed E-state index contributed by atoms with van der Waals surface area (Å²) in [6.07, 6.45) is 0.0432. The summed E-state index contributed by atoms with van der Waals surface area (Å²) >= 11 is 0. The molecule has 1 fully saturated rings. The molecule has 122 valence electrons. The van der Waals surface area contributed by atoms with E-state index in [1.807, 2.05) is 19.9 Å². The summed E-state index contributed by atoms with van der Waals surface area (Å²) in [5, 5.41) is 2.95. The number of nitrogens with zero attached hydrogens (tertiary/aromatic N) is 1. The van der Waals surface area contributed by atoms with E-state index in [0.29, 0.717) is 13.2 Å². The van der Waals surface area contributed by atoms with Crippen molar-refractivity contribution in [1.29, 1.82) is 0 Å². The predicted molar refractivity (Wildman–Crippen MR) is 87.3 cm³/mol. The van der Waals surface area contributed by atoms with Gasteiger partial charge in [-0.2, -0.15) is 0 Å². The third-order valence-electron chi connectivity index (χ3n) is 4.18. The lowest BCUT2D eigenvalue weighted by Crippen LogP contribution is -2.48. The van der Waals surface area contributed by atoms with Gasteiger partial charge in [-0.1, -0.05) is 37.3 Å². The van der Waals surface area contributed by atoms with Crippen LogP contribution in [0, 0.1) is 5.92 Å². The molecule has 1 aromatic rings. The molecule has 0 radical (unpaired) electrons. The molecule has 1 aliphatic heterocycles. The van der Waals surface area contributed by atoms with Gasteiger partial charge < -0.3 is 15.8 Å². The van der Waals surface area contributed by atoms with Gasteiger partial charge in [0.2, 0.25) is 5.91 Å². The number of rotatable bonds is 6. The lowest BCUT2D eigenvalue weighted by Gasteiger charge is -2.33. The molecule has 1 heterocycles. The standard InChI is InChI=1S/C17H27N3O2/c1-13(14(2)18)17(21)19-10-16-12-20(8-9-22-16)11-15-6-4-3-5-7-15/h3-7,13-14,16H,8-12,18H2,1-2H3,(H,19,21). The summed E-state index contributed by atoms with van der Waals surface area (Å²) in [7, 11) is 0. The highest BCUT2D eigenvalue weighted by Crippen LogP contribution is 2.10. The van der Waals surface area contributed by atoms with Gasteiger partial charge >= 0.3 is 0 Å². The van der Waals surface area contributed by atoms with Crippen LogP contribution in [0.1, 0.15) is 19.4 Å². The van der Waals surface area contributed by atoms with Crippen molar-refractivity contribution in [1.82, 2.24) is 10.2 Å². The Bertz CT molecular complexity index is 464. The molecular formula is C17H27N3O2. The summed E-state index contributed by atoms with van der Waals surface area (Å²) in [6.45, 7) is 7.63. The third-order valence-corrected chi connectivity index (χ3v) is 4.18. The van der Waals surface area contributed by atoms with E-state index in [1.54, 1.807) is 0 Å². The second kappa shape index (κ2) is 8.27. The number of hydrogen-bond acceptors (Lipinski definition) is 4. The van der Waals surface area contributed by atoms with E-state index in [1.165, 1.54) is 5.56 Å². The fraction of sp³-hybridized carbons (Fsp3) is 0.588. The topological polar surface area (TPSA) is 67.6 Å². The second-order valence-corrected chi connectivity index (χ2v) is 6.11.